The van der Waals surface area contributed by atoms with Gasteiger partial charge in [0.25, 0.3) is 0 Å². The zero-order valence-corrected chi connectivity index (χ0v) is 9.78. The van der Waals surface area contributed by atoms with Crippen LogP contribution in [0.5, 0.6) is 0 Å². The second-order valence-corrected chi connectivity index (χ2v) is 5.19. The Hall–Kier alpha value is -0.540. The topological polar surface area (TPSA) is 3.24 Å². The SMILES string of the molecule is CN1C(=S)SC[C@@H]1Cc1ccccc1. The summed E-state index contributed by atoms with van der Waals surface area (Å²) in [6, 6.07) is 11.2. The maximum atomic E-state index is 5.22. The van der Waals surface area contributed by atoms with Crippen molar-refractivity contribution in [1.82, 2.24) is 4.90 Å². The van der Waals surface area contributed by atoms with Crippen LogP contribution in [0.4, 0.5) is 0 Å². The van der Waals surface area contributed by atoms with E-state index in [1.54, 1.807) is 11.8 Å². The van der Waals surface area contributed by atoms with E-state index in [1.165, 1.54) is 5.56 Å². The second-order valence-electron chi connectivity index (χ2n) is 3.53. The van der Waals surface area contributed by atoms with Gasteiger partial charge in [-0.15, -0.1) is 0 Å². The molecule has 1 aliphatic rings. The molecule has 0 spiro atoms. The van der Waals surface area contributed by atoms with Crippen LogP contribution in [0.25, 0.3) is 0 Å². The van der Waals surface area contributed by atoms with E-state index in [0.29, 0.717) is 6.04 Å². The average molecular weight is 223 g/mol. The van der Waals surface area contributed by atoms with Gasteiger partial charge < -0.3 is 4.90 Å². The Balaban J connectivity index is 2.02. The highest BCUT2D eigenvalue weighted by atomic mass is 32.2. The van der Waals surface area contributed by atoms with Crippen molar-refractivity contribution in [2.45, 2.75) is 12.5 Å². The molecule has 0 amide bonds. The van der Waals surface area contributed by atoms with Gasteiger partial charge in [-0.25, -0.2) is 0 Å². The third-order valence-electron chi connectivity index (χ3n) is 2.55. The minimum Gasteiger partial charge on any atom is -0.356 e. The first-order valence-electron chi connectivity index (χ1n) is 4.71. The fraction of sp³-hybridized carbons (Fsp3) is 0.364. The fourth-order valence-corrected chi connectivity index (χ4v) is 2.99. The summed E-state index contributed by atoms with van der Waals surface area (Å²) in [6.45, 7) is 0. The third-order valence-corrected chi connectivity index (χ3v) is 4.28. The molecule has 0 aromatic heterocycles. The maximum Gasteiger partial charge on any atom is 0.136 e. The van der Waals surface area contributed by atoms with E-state index in [-0.39, 0.29) is 0 Å². The van der Waals surface area contributed by atoms with Gasteiger partial charge in [0.05, 0.1) is 0 Å². The molecule has 1 heterocycles. The number of thiocarbonyl (C=S) groups is 1. The molecule has 3 heteroatoms. The summed E-state index contributed by atoms with van der Waals surface area (Å²) < 4.78 is 1.03. The lowest BCUT2D eigenvalue weighted by molar-refractivity contribution is 0.417. The summed E-state index contributed by atoms with van der Waals surface area (Å²) in [5.74, 6) is 1.13. The molecule has 14 heavy (non-hydrogen) atoms. The molecule has 74 valence electrons. The third kappa shape index (κ3) is 2.10. The molecule has 0 N–H and O–H groups in total. The summed E-state index contributed by atoms with van der Waals surface area (Å²) in [4.78, 5) is 2.22. The lowest BCUT2D eigenvalue weighted by atomic mass is 10.1. The van der Waals surface area contributed by atoms with E-state index < -0.39 is 0 Å². The van der Waals surface area contributed by atoms with E-state index >= 15 is 0 Å². The van der Waals surface area contributed by atoms with Gasteiger partial charge in [-0.2, -0.15) is 0 Å². The lowest BCUT2D eigenvalue weighted by Gasteiger charge is -2.20. The van der Waals surface area contributed by atoms with Crippen LogP contribution in [-0.2, 0) is 6.42 Å². The zero-order chi connectivity index (χ0) is 9.97. The van der Waals surface area contributed by atoms with E-state index in [9.17, 15) is 0 Å². The number of likely N-dealkylation sites (N-methyl/N-ethyl adjacent to an activating group) is 1. The van der Waals surface area contributed by atoms with Gasteiger partial charge in [-0.05, 0) is 12.0 Å². The number of rotatable bonds is 2. The van der Waals surface area contributed by atoms with Crippen molar-refractivity contribution in [3.8, 4) is 0 Å². The quantitative estimate of drug-likeness (QED) is 0.709. The highest BCUT2D eigenvalue weighted by molar-refractivity contribution is 8.23. The Labute approximate surface area is 94.5 Å². The van der Waals surface area contributed by atoms with Crippen LogP contribution < -0.4 is 0 Å². The van der Waals surface area contributed by atoms with Crippen LogP contribution in [0, 0.1) is 0 Å². The fourth-order valence-electron chi connectivity index (χ4n) is 1.61. The van der Waals surface area contributed by atoms with Crippen LogP contribution in [0.3, 0.4) is 0 Å². The van der Waals surface area contributed by atoms with Gasteiger partial charge >= 0.3 is 0 Å². The number of nitrogens with zero attached hydrogens (tertiary/aromatic N) is 1. The minimum atomic E-state index is 0.579. The van der Waals surface area contributed by atoms with Gasteiger partial charge in [0.15, 0.2) is 0 Å². The van der Waals surface area contributed by atoms with E-state index in [2.05, 4.69) is 42.3 Å². The number of hydrogen-bond acceptors (Lipinski definition) is 2. The molecule has 1 aromatic carbocycles. The smallest absolute Gasteiger partial charge is 0.136 e. The highest BCUT2D eigenvalue weighted by Crippen LogP contribution is 2.24. The Morgan fingerprint density at radius 3 is 2.71 bits per heavy atom. The average Bonchev–Trinajstić information content (AvgIpc) is 2.52. The summed E-state index contributed by atoms with van der Waals surface area (Å²) in [6.07, 6.45) is 1.10. The van der Waals surface area contributed by atoms with Crippen molar-refractivity contribution < 1.29 is 0 Å². The molecule has 1 aliphatic heterocycles. The molecule has 0 radical (unpaired) electrons. The Morgan fingerprint density at radius 2 is 2.14 bits per heavy atom. The molecule has 0 unspecified atom stereocenters. The van der Waals surface area contributed by atoms with Crippen molar-refractivity contribution in [2.24, 2.45) is 0 Å². The Morgan fingerprint density at radius 1 is 1.43 bits per heavy atom. The van der Waals surface area contributed by atoms with Gasteiger partial charge in [-0.3, -0.25) is 0 Å². The number of benzene rings is 1. The summed E-state index contributed by atoms with van der Waals surface area (Å²) >= 11 is 7.01. The predicted octanol–water partition coefficient (Wildman–Crippen LogP) is 2.56. The van der Waals surface area contributed by atoms with Crippen LogP contribution in [0.15, 0.2) is 30.3 Å². The van der Waals surface area contributed by atoms with Gasteiger partial charge in [0.2, 0.25) is 0 Å². The predicted molar refractivity (Wildman–Crippen MR) is 66.8 cm³/mol. The van der Waals surface area contributed by atoms with Gasteiger partial charge in [-0.1, -0.05) is 54.3 Å². The summed E-state index contributed by atoms with van der Waals surface area (Å²) in [7, 11) is 2.09. The Kier molecular flexibility index (Phi) is 3.08. The monoisotopic (exact) mass is 223 g/mol. The van der Waals surface area contributed by atoms with Crippen LogP contribution in [0.1, 0.15) is 5.56 Å². The largest absolute Gasteiger partial charge is 0.356 e. The zero-order valence-electron chi connectivity index (χ0n) is 8.14. The molecular weight excluding hydrogens is 210 g/mol. The molecule has 0 bridgehead atoms. The minimum absolute atomic E-state index is 0.579. The van der Waals surface area contributed by atoms with Crippen molar-refractivity contribution >= 4 is 28.3 Å². The molecule has 0 aliphatic carbocycles. The van der Waals surface area contributed by atoms with Crippen LogP contribution >= 0.6 is 24.0 Å². The van der Waals surface area contributed by atoms with Crippen LogP contribution in [0.2, 0.25) is 0 Å². The first kappa shape index (κ1) is 9.99. The molecular formula is C11H13NS2. The van der Waals surface area contributed by atoms with E-state index in [1.807, 2.05) is 0 Å². The molecule has 1 aromatic rings. The first-order chi connectivity index (χ1) is 6.77. The second kappa shape index (κ2) is 4.32. The van der Waals surface area contributed by atoms with Crippen molar-refractivity contribution in [2.75, 3.05) is 12.8 Å². The van der Waals surface area contributed by atoms with E-state index in [4.69, 9.17) is 12.2 Å². The van der Waals surface area contributed by atoms with Crippen molar-refractivity contribution in [1.29, 1.82) is 0 Å². The van der Waals surface area contributed by atoms with Gasteiger partial charge in [0.1, 0.15) is 4.32 Å². The highest BCUT2D eigenvalue weighted by Gasteiger charge is 2.25. The van der Waals surface area contributed by atoms with Crippen molar-refractivity contribution in [3.63, 3.8) is 0 Å². The van der Waals surface area contributed by atoms with Crippen LogP contribution in [-0.4, -0.2) is 28.1 Å². The number of hydrogen-bond donors (Lipinski definition) is 0. The van der Waals surface area contributed by atoms with E-state index in [0.717, 1.165) is 16.5 Å². The van der Waals surface area contributed by atoms with Gasteiger partial charge in [0, 0.05) is 18.8 Å². The molecule has 0 saturated carbocycles. The Bertz CT molecular complexity index is 323. The first-order valence-corrected chi connectivity index (χ1v) is 6.10. The number of thioether (sulfide) groups is 1. The normalized spacial score (nSPS) is 21.6. The van der Waals surface area contributed by atoms with Crippen molar-refractivity contribution in [3.05, 3.63) is 35.9 Å². The standard InChI is InChI=1S/C11H13NS2/c1-12-10(8-14-11(12)13)7-9-5-3-2-4-6-9/h2-6,10H,7-8H2,1H3/t10-/m0/s1. The maximum absolute atomic E-state index is 5.22. The molecule has 1 fully saturated rings. The lowest BCUT2D eigenvalue weighted by Crippen LogP contribution is -2.30. The molecule has 2 rings (SSSR count). The molecule has 1 nitrogen and oxygen atoms in total. The molecule has 1 atom stereocenters. The molecule has 1 saturated heterocycles. The summed E-state index contributed by atoms with van der Waals surface area (Å²) in [5.41, 5.74) is 1.40. The summed E-state index contributed by atoms with van der Waals surface area (Å²) in [5, 5.41) is 0.